The summed E-state index contributed by atoms with van der Waals surface area (Å²) < 4.78 is 12.3. The maximum atomic E-state index is 12.2. The quantitative estimate of drug-likeness (QED) is 0.764. The number of hydrogen-bond acceptors (Lipinski definition) is 6. The van der Waals surface area contributed by atoms with Crippen LogP contribution in [0.25, 0.3) is 10.9 Å². The zero-order valence-corrected chi connectivity index (χ0v) is 17.7. The van der Waals surface area contributed by atoms with E-state index in [0.29, 0.717) is 36.0 Å². The summed E-state index contributed by atoms with van der Waals surface area (Å²) in [6, 6.07) is 7.16. The molecule has 1 saturated carbocycles. The van der Waals surface area contributed by atoms with Gasteiger partial charge in [-0.25, -0.2) is 0 Å². The fraction of sp³-hybridized carbons (Fsp3) is 0.478. The summed E-state index contributed by atoms with van der Waals surface area (Å²) in [7, 11) is 0. The maximum Gasteiger partial charge on any atom is 0.252 e. The van der Waals surface area contributed by atoms with E-state index in [-0.39, 0.29) is 36.0 Å². The molecule has 0 spiro atoms. The molecule has 2 fully saturated rings. The molecule has 2 amide bonds. The van der Waals surface area contributed by atoms with Crippen molar-refractivity contribution >= 4 is 22.7 Å². The Morgan fingerprint density at radius 3 is 2.81 bits per heavy atom. The summed E-state index contributed by atoms with van der Waals surface area (Å²) in [6.07, 6.45) is 3.29. The number of nitriles is 1. The molecule has 1 aromatic carbocycles. The van der Waals surface area contributed by atoms with Gasteiger partial charge in [-0.3, -0.25) is 14.6 Å². The average Bonchev–Trinajstić information content (AvgIpc) is 3.00. The van der Waals surface area contributed by atoms with Gasteiger partial charge in [0.25, 0.3) is 5.91 Å². The Morgan fingerprint density at radius 2 is 2.10 bits per heavy atom. The van der Waals surface area contributed by atoms with Crippen molar-refractivity contribution in [1.82, 2.24) is 9.88 Å². The molecule has 1 aliphatic carbocycles. The molecule has 0 radical (unpaired) electrons. The summed E-state index contributed by atoms with van der Waals surface area (Å²) in [4.78, 5) is 30.2. The molecule has 3 atom stereocenters. The second-order valence-electron chi connectivity index (χ2n) is 8.59. The van der Waals surface area contributed by atoms with Crippen molar-refractivity contribution in [3.8, 4) is 17.6 Å². The number of likely N-dealkylation sites (tertiary alicyclic amines) is 1. The van der Waals surface area contributed by atoms with Crippen molar-refractivity contribution in [3.63, 3.8) is 0 Å². The third-order valence-electron chi connectivity index (χ3n) is 5.95. The van der Waals surface area contributed by atoms with Crippen LogP contribution in [0.1, 0.15) is 43.5 Å². The molecular weight excluding hydrogens is 396 g/mol. The van der Waals surface area contributed by atoms with Crippen LogP contribution >= 0.6 is 0 Å². The Bertz CT molecular complexity index is 1060. The summed E-state index contributed by atoms with van der Waals surface area (Å²) >= 11 is 0. The van der Waals surface area contributed by atoms with E-state index in [0.717, 1.165) is 18.2 Å². The van der Waals surface area contributed by atoms with Crippen LogP contribution in [0.4, 0.5) is 0 Å². The van der Waals surface area contributed by atoms with E-state index in [1.165, 1.54) is 0 Å². The van der Waals surface area contributed by atoms with Gasteiger partial charge in [-0.1, -0.05) is 0 Å². The lowest BCUT2D eigenvalue weighted by atomic mass is 9.98. The van der Waals surface area contributed by atoms with Gasteiger partial charge in [0, 0.05) is 30.6 Å². The van der Waals surface area contributed by atoms with E-state index < -0.39 is 5.91 Å². The molecule has 2 aliphatic rings. The van der Waals surface area contributed by atoms with E-state index in [2.05, 4.69) is 4.98 Å². The van der Waals surface area contributed by atoms with Gasteiger partial charge in [-0.2, -0.15) is 5.26 Å². The van der Waals surface area contributed by atoms with Crippen molar-refractivity contribution < 1.29 is 19.1 Å². The first-order valence-electron chi connectivity index (χ1n) is 10.6. The van der Waals surface area contributed by atoms with Gasteiger partial charge < -0.3 is 20.1 Å². The van der Waals surface area contributed by atoms with Crippen LogP contribution < -0.4 is 15.2 Å². The summed E-state index contributed by atoms with van der Waals surface area (Å²) in [5.74, 6) is 0.995. The van der Waals surface area contributed by atoms with Crippen molar-refractivity contribution in [2.45, 2.75) is 45.3 Å². The lowest BCUT2D eigenvalue weighted by molar-refractivity contribution is -0.132. The van der Waals surface area contributed by atoms with Crippen LogP contribution in [-0.2, 0) is 4.79 Å². The number of rotatable bonds is 6. The first kappa shape index (κ1) is 20.9. The minimum absolute atomic E-state index is 0.0271. The number of primary amides is 1. The predicted octanol–water partition coefficient (Wildman–Crippen LogP) is 2.65. The minimum Gasteiger partial charge on any atom is -0.490 e. The smallest absolute Gasteiger partial charge is 0.252 e. The van der Waals surface area contributed by atoms with Crippen LogP contribution in [0.15, 0.2) is 24.4 Å². The first-order chi connectivity index (χ1) is 14.9. The molecule has 8 nitrogen and oxygen atoms in total. The third kappa shape index (κ3) is 4.26. The molecule has 2 bridgehead atoms. The zero-order chi connectivity index (χ0) is 22.1. The number of aromatic nitrogens is 1. The summed E-state index contributed by atoms with van der Waals surface area (Å²) in [5, 5.41) is 9.58. The van der Waals surface area contributed by atoms with E-state index >= 15 is 0 Å². The molecule has 31 heavy (non-hydrogen) atoms. The number of nitrogens with two attached hydrogens (primary N) is 1. The zero-order valence-electron chi connectivity index (χ0n) is 17.7. The molecule has 0 unspecified atom stereocenters. The second kappa shape index (κ2) is 8.42. The van der Waals surface area contributed by atoms with Crippen molar-refractivity contribution in [1.29, 1.82) is 5.26 Å². The fourth-order valence-corrected chi connectivity index (χ4v) is 4.69. The molecule has 1 aromatic heterocycles. The maximum absolute atomic E-state index is 12.2. The lowest BCUT2D eigenvalue weighted by Gasteiger charge is -2.32. The topological polar surface area (TPSA) is 119 Å². The monoisotopic (exact) mass is 422 g/mol. The standard InChI is InChI=1S/C23H26N4O4/c1-13(2)30-21-10-16-18(9-17(21)23(25)29)26-6-4-19(16)31-20-8-14-7-15(20)12-27(11-14)22(28)3-5-24/h4,6,9-10,13-15,20H,3,7-8,11-12H2,1-2H3,(H2,25,29)/t14-,15-,20-/m1/s1. The number of piperidine rings is 1. The van der Waals surface area contributed by atoms with Gasteiger partial charge in [0.05, 0.1) is 23.3 Å². The molecule has 8 heteroatoms. The van der Waals surface area contributed by atoms with Gasteiger partial charge in [-0.05, 0) is 50.8 Å². The van der Waals surface area contributed by atoms with E-state index in [1.807, 2.05) is 26.0 Å². The molecule has 162 valence electrons. The number of pyridine rings is 1. The van der Waals surface area contributed by atoms with Gasteiger partial charge in [0.1, 0.15) is 24.0 Å². The molecule has 1 saturated heterocycles. The molecule has 2 N–H and O–H groups in total. The summed E-state index contributed by atoms with van der Waals surface area (Å²) in [6.45, 7) is 5.06. The number of nitrogens with zero attached hydrogens (tertiary/aromatic N) is 3. The van der Waals surface area contributed by atoms with Crippen LogP contribution in [0, 0.1) is 23.2 Å². The van der Waals surface area contributed by atoms with Gasteiger partial charge >= 0.3 is 0 Å². The SMILES string of the molecule is CC(C)Oc1cc2c(O[C@@H]3C[C@H]4C[C@@H]3CN(C(=O)CC#N)C4)ccnc2cc1C(N)=O. The van der Waals surface area contributed by atoms with Crippen molar-refractivity contribution in [2.75, 3.05) is 13.1 Å². The highest BCUT2D eigenvalue weighted by Gasteiger charge is 2.42. The Kier molecular flexibility index (Phi) is 5.68. The third-order valence-corrected chi connectivity index (χ3v) is 5.95. The highest BCUT2D eigenvalue weighted by atomic mass is 16.5. The van der Waals surface area contributed by atoms with Crippen LogP contribution in [0.5, 0.6) is 11.5 Å². The Hall–Kier alpha value is -3.34. The highest BCUT2D eigenvalue weighted by Crippen LogP contribution is 2.41. The van der Waals surface area contributed by atoms with Crippen molar-refractivity contribution in [2.24, 2.45) is 17.6 Å². The van der Waals surface area contributed by atoms with Crippen molar-refractivity contribution in [3.05, 3.63) is 30.0 Å². The predicted molar refractivity (Wildman–Crippen MR) is 113 cm³/mol. The number of fused-ring (bicyclic) bond motifs is 3. The number of hydrogen-bond donors (Lipinski definition) is 1. The Morgan fingerprint density at radius 1 is 1.29 bits per heavy atom. The largest absolute Gasteiger partial charge is 0.490 e. The van der Waals surface area contributed by atoms with Crippen LogP contribution in [-0.4, -0.2) is 47.0 Å². The average molecular weight is 422 g/mol. The number of amides is 2. The Labute approximate surface area is 180 Å². The van der Waals surface area contributed by atoms with E-state index in [4.69, 9.17) is 20.5 Å². The highest BCUT2D eigenvalue weighted by molar-refractivity contribution is 6.01. The van der Waals surface area contributed by atoms with Crippen LogP contribution in [0.3, 0.4) is 0 Å². The van der Waals surface area contributed by atoms with Crippen LogP contribution in [0.2, 0.25) is 0 Å². The van der Waals surface area contributed by atoms with Gasteiger partial charge in [-0.15, -0.1) is 0 Å². The molecule has 4 rings (SSSR count). The molecule has 1 aliphatic heterocycles. The first-order valence-corrected chi connectivity index (χ1v) is 10.6. The summed E-state index contributed by atoms with van der Waals surface area (Å²) in [5.41, 5.74) is 6.43. The molecule has 2 aromatic rings. The van der Waals surface area contributed by atoms with Gasteiger partial charge in [0.2, 0.25) is 5.91 Å². The number of ether oxygens (including phenoxy) is 2. The number of carbonyl (C=O) groups excluding carboxylic acids is 2. The minimum atomic E-state index is -0.572. The van der Waals surface area contributed by atoms with E-state index in [1.54, 1.807) is 23.2 Å². The van der Waals surface area contributed by atoms with Gasteiger partial charge in [0.15, 0.2) is 0 Å². The fourth-order valence-electron chi connectivity index (χ4n) is 4.69. The lowest BCUT2D eigenvalue weighted by Crippen LogP contribution is -2.42. The molecule has 2 heterocycles. The number of benzene rings is 1. The Balaban J connectivity index is 1.61. The second-order valence-corrected chi connectivity index (χ2v) is 8.59. The van der Waals surface area contributed by atoms with E-state index in [9.17, 15) is 9.59 Å². The number of carbonyl (C=O) groups is 2. The normalized spacial score (nSPS) is 22.4. The molecular formula is C23H26N4O4.